The first kappa shape index (κ1) is 13.9. The molecule has 0 saturated heterocycles. The zero-order chi connectivity index (χ0) is 15.8. The maximum atomic E-state index is 4.80. The molecule has 0 bridgehead atoms. The Morgan fingerprint density at radius 2 is 1.70 bits per heavy atom. The highest BCUT2D eigenvalue weighted by atomic mass is 15.2. The Balaban J connectivity index is 2.03. The summed E-state index contributed by atoms with van der Waals surface area (Å²) in [5.74, 6) is 0.945. The van der Waals surface area contributed by atoms with Gasteiger partial charge in [-0.05, 0) is 31.5 Å². The Morgan fingerprint density at radius 1 is 0.913 bits per heavy atom. The van der Waals surface area contributed by atoms with Crippen molar-refractivity contribution in [2.75, 3.05) is 0 Å². The lowest BCUT2D eigenvalue weighted by Gasteiger charge is -2.07. The zero-order valence-electron chi connectivity index (χ0n) is 13.3. The zero-order valence-corrected chi connectivity index (χ0v) is 13.3. The molecule has 4 rings (SSSR count). The molecule has 4 nitrogen and oxygen atoms in total. The summed E-state index contributed by atoms with van der Waals surface area (Å²) in [5, 5.41) is 0. The highest BCUT2D eigenvalue weighted by Crippen LogP contribution is 2.25. The van der Waals surface area contributed by atoms with Crippen molar-refractivity contribution in [1.82, 2.24) is 19.5 Å². The summed E-state index contributed by atoms with van der Waals surface area (Å²) >= 11 is 0. The molecule has 0 saturated carbocycles. The number of benzene rings is 2. The van der Waals surface area contributed by atoms with Crippen LogP contribution in [0, 0.1) is 6.92 Å². The first-order chi connectivity index (χ1) is 11.3. The van der Waals surface area contributed by atoms with Gasteiger partial charge in [-0.25, -0.2) is 15.0 Å². The predicted molar refractivity (Wildman–Crippen MR) is 93.3 cm³/mol. The molecule has 0 aliphatic rings. The first-order valence-corrected chi connectivity index (χ1v) is 7.96. The molecule has 2 aromatic carbocycles. The van der Waals surface area contributed by atoms with Gasteiger partial charge < -0.3 is 4.57 Å². The van der Waals surface area contributed by atoms with Crippen LogP contribution in [0.25, 0.3) is 33.7 Å². The van der Waals surface area contributed by atoms with Crippen LogP contribution < -0.4 is 0 Å². The minimum absolute atomic E-state index is 0.716. The number of aryl methyl sites for hydroxylation is 2. The van der Waals surface area contributed by atoms with Crippen LogP contribution >= 0.6 is 0 Å². The summed E-state index contributed by atoms with van der Waals surface area (Å²) < 4.78 is 2.18. The summed E-state index contributed by atoms with van der Waals surface area (Å²) in [4.78, 5) is 14.3. The molecule has 0 atom stereocenters. The monoisotopic (exact) mass is 302 g/mol. The minimum atomic E-state index is 0.716. The predicted octanol–water partition coefficient (Wildman–Crippen LogP) is 4.36. The van der Waals surface area contributed by atoms with E-state index in [2.05, 4.69) is 42.7 Å². The Hall–Kier alpha value is -2.75. The normalized spacial score (nSPS) is 11.4. The smallest absolute Gasteiger partial charge is 0.198 e. The average Bonchev–Trinajstić information content (AvgIpc) is 2.91. The molecule has 2 heterocycles. The third-order valence-corrected chi connectivity index (χ3v) is 3.98. The largest absolute Gasteiger partial charge is 0.307 e. The topological polar surface area (TPSA) is 43.6 Å². The van der Waals surface area contributed by atoms with Crippen molar-refractivity contribution in [3.05, 3.63) is 54.1 Å². The third-order valence-electron chi connectivity index (χ3n) is 3.98. The van der Waals surface area contributed by atoms with E-state index in [0.717, 1.165) is 41.0 Å². The molecule has 4 aromatic rings. The second kappa shape index (κ2) is 5.47. The van der Waals surface area contributed by atoms with Crippen molar-refractivity contribution in [2.45, 2.75) is 26.8 Å². The molecule has 0 spiro atoms. The van der Waals surface area contributed by atoms with E-state index >= 15 is 0 Å². The van der Waals surface area contributed by atoms with Crippen LogP contribution in [-0.4, -0.2) is 19.5 Å². The molecular formula is C19H18N4. The van der Waals surface area contributed by atoms with Crippen molar-refractivity contribution in [3.8, 4) is 11.4 Å². The highest BCUT2D eigenvalue weighted by molar-refractivity contribution is 5.84. The molecule has 0 amide bonds. The summed E-state index contributed by atoms with van der Waals surface area (Å²) in [7, 11) is 0. The molecule has 0 N–H and O–H groups in total. The van der Waals surface area contributed by atoms with Gasteiger partial charge in [0.2, 0.25) is 0 Å². The number of hydrogen-bond acceptors (Lipinski definition) is 3. The number of fused-ring (bicyclic) bond motifs is 2. The Labute approximate surface area is 134 Å². The van der Waals surface area contributed by atoms with Crippen molar-refractivity contribution >= 4 is 22.3 Å². The first-order valence-electron chi connectivity index (χ1n) is 7.96. The van der Waals surface area contributed by atoms with Gasteiger partial charge in [0.25, 0.3) is 0 Å². The maximum Gasteiger partial charge on any atom is 0.198 e. The van der Waals surface area contributed by atoms with Gasteiger partial charge in [0.05, 0.1) is 11.0 Å². The molecule has 2 aromatic heterocycles. The molecule has 0 fully saturated rings. The Bertz CT molecular complexity index is 1000. The second-order valence-corrected chi connectivity index (χ2v) is 5.82. The quantitative estimate of drug-likeness (QED) is 0.564. The van der Waals surface area contributed by atoms with Gasteiger partial charge in [0.15, 0.2) is 11.3 Å². The van der Waals surface area contributed by atoms with Crippen LogP contribution in [0.5, 0.6) is 0 Å². The molecular weight excluding hydrogens is 284 g/mol. The summed E-state index contributed by atoms with van der Waals surface area (Å²) in [6.07, 6.45) is 1.03. The van der Waals surface area contributed by atoms with Crippen LogP contribution in [0.1, 0.15) is 18.9 Å². The molecule has 4 heteroatoms. The third kappa shape index (κ3) is 2.36. The van der Waals surface area contributed by atoms with E-state index in [4.69, 9.17) is 15.0 Å². The second-order valence-electron chi connectivity index (χ2n) is 5.82. The van der Waals surface area contributed by atoms with E-state index in [-0.39, 0.29) is 0 Å². The van der Waals surface area contributed by atoms with Crippen LogP contribution in [-0.2, 0) is 6.54 Å². The molecule has 23 heavy (non-hydrogen) atoms. The van der Waals surface area contributed by atoms with Crippen molar-refractivity contribution in [3.63, 3.8) is 0 Å². The van der Waals surface area contributed by atoms with E-state index in [0.29, 0.717) is 5.65 Å². The van der Waals surface area contributed by atoms with E-state index in [1.54, 1.807) is 0 Å². The Morgan fingerprint density at radius 3 is 2.43 bits per heavy atom. The fraction of sp³-hybridized carbons (Fsp3) is 0.211. The minimum Gasteiger partial charge on any atom is -0.307 e. The summed E-state index contributed by atoms with van der Waals surface area (Å²) in [6, 6.07) is 16.4. The van der Waals surface area contributed by atoms with Crippen LogP contribution in [0.2, 0.25) is 0 Å². The fourth-order valence-corrected chi connectivity index (χ4v) is 2.94. The lowest BCUT2D eigenvalue weighted by molar-refractivity contribution is 0.699. The lowest BCUT2D eigenvalue weighted by Crippen LogP contribution is -2.01. The van der Waals surface area contributed by atoms with Crippen LogP contribution in [0.3, 0.4) is 0 Å². The van der Waals surface area contributed by atoms with Gasteiger partial charge >= 0.3 is 0 Å². The van der Waals surface area contributed by atoms with Crippen LogP contribution in [0.4, 0.5) is 0 Å². The SMILES string of the molecule is CCCn1c(-c2cccc(C)c2)nc2nc3ccccc3nc21. The van der Waals surface area contributed by atoms with Gasteiger partial charge in [0, 0.05) is 12.1 Å². The van der Waals surface area contributed by atoms with E-state index in [1.165, 1.54) is 5.56 Å². The summed E-state index contributed by atoms with van der Waals surface area (Å²) in [6.45, 7) is 5.15. The van der Waals surface area contributed by atoms with Crippen molar-refractivity contribution in [1.29, 1.82) is 0 Å². The highest BCUT2D eigenvalue weighted by Gasteiger charge is 2.15. The number of rotatable bonds is 3. The molecule has 114 valence electrons. The molecule has 0 unspecified atom stereocenters. The molecule has 0 radical (unpaired) electrons. The van der Waals surface area contributed by atoms with E-state index < -0.39 is 0 Å². The van der Waals surface area contributed by atoms with Gasteiger partial charge in [-0.3, -0.25) is 0 Å². The van der Waals surface area contributed by atoms with E-state index in [1.807, 2.05) is 24.3 Å². The number of para-hydroxylation sites is 2. The maximum absolute atomic E-state index is 4.80. The van der Waals surface area contributed by atoms with Gasteiger partial charge in [-0.2, -0.15) is 0 Å². The summed E-state index contributed by atoms with van der Waals surface area (Å²) in [5.41, 5.74) is 5.71. The van der Waals surface area contributed by atoms with Crippen molar-refractivity contribution in [2.24, 2.45) is 0 Å². The number of aromatic nitrogens is 4. The van der Waals surface area contributed by atoms with E-state index in [9.17, 15) is 0 Å². The number of imidazole rings is 1. The van der Waals surface area contributed by atoms with Crippen molar-refractivity contribution < 1.29 is 0 Å². The van der Waals surface area contributed by atoms with Gasteiger partial charge in [0.1, 0.15) is 5.82 Å². The fourth-order valence-electron chi connectivity index (χ4n) is 2.94. The number of hydrogen-bond donors (Lipinski definition) is 0. The standard InChI is InChI=1S/C19H18N4/c1-3-11-23-18(14-8-6-7-13(2)12-14)22-17-19(23)21-16-10-5-4-9-15(16)20-17/h4-10,12H,3,11H2,1-2H3. The number of nitrogens with zero attached hydrogens (tertiary/aromatic N) is 4. The molecule has 0 aliphatic heterocycles. The Kier molecular flexibility index (Phi) is 3.30. The molecule has 0 aliphatic carbocycles. The lowest BCUT2D eigenvalue weighted by atomic mass is 10.1. The van der Waals surface area contributed by atoms with Gasteiger partial charge in [-0.15, -0.1) is 0 Å². The van der Waals surface area contributed by atoms with Gasteiger partial charge in [-0.1, -0.05) is 42.8 Å². The average molecular weight is 302 g/mol. The van der Waals surface area contributed by atoms with Crippen LogP contribution in [0.15, 0.2) is 48.5 Å².